The van der Waals surface area contributed by atoms with Crippen LogP contribution in [0.25, 0.3) is 0 Å². The quantitative estimate of drug-likeness (QED) is 0.332. The van der Waals surface area contributed by atoms with Crippen molar-refractivity contribution in [3.05, 3.63) is 47.8 Å². The molecule has 2 saturated heterocycles. The van der Waals surface area contributed by atoms with Crippen LogP contribution in [0.4, 0.5) is 43.4 Å². The highest BCUT2D eigenvalue weighted by Crippen LogP contribution is 2.38. The highest BCUT2D eigenvalue weighted by molar-refractivity contribution is 5.76. The molecule has 0 aliphatic carbocycles. The third-order valence-electron chi connectivity index (χ3n) is 7.15. The minimum absolute atomic E-state index is 0.0116. The van der Waals surface area contributed by atoms with Gasteiger partial charge in [0.05, 0.1) is 17.4 Å². The van der Waals surface area contributed by atoms with Crippen molar-refractivity contribution in [1.82, 2.24) is 14.8 Å². The molecule has 0 saturated carbocycles. The van der Waals surface area contributed by atoms with E-state index in [0.29, 0.717) is 70.8 Å². The second kappa shape index (κ2) is 12.1. The van der Waals surface area contributed by atoms with E-state index in [0.717, 1.165) is 18.2 Å². The molecule has 2 aliphatic rings. The van der Waals surface area contributed by atoms with Crippen molar-refractivity contribution in [2.75, 3.05) is 61.3 Å². The molecule has 2 aromatic rings. The number of aromatic nitrogens is 1. The Morgan fingerprint density at radius 1 is 0.950 bits per heavy atom. The molecule has 1 amide bonds. The SMILES string of the molecule is O=C(CCN1CCN(c2ccc(C(F)(F)F)nc2)CC1)N1CCC(Nc2ccc(N(O)O)c(C(F)(F)F)c2)CC1. The Morgan fingerprint density at radius 3 is 2.17 bits per heavy atom. The lowest BCUT2D eigenvalue weighted by molar-refractivity contribution is -0.141. The predicted molar refractivity (Wildman–Crippen MR) is 133 cm³/mol. The first-order valence-electron chi connectivity index (χ1n) is 12.8. The molecule has 0 unspecified atom stereocenters. The number of rotatable bonds is 7. The van der Waals surface area contributed by atoms with E-state index < -0.39 is 34.5 Å². The minimum atomic E-state index is -4.78. The maximum atomic E-state index is 13.3. The van der Waals surface area contributed by atoms with Gasteiger partial charge in [-0.3, -0.25) is 20.1 Å². The third kappa shape index (κ3) is 7.46. The lowest BCUT2D eigenvalue weighted by Crippen LogP contribution is -2.48. The summed E-state index contributed by atoms with van der Waals surface area (Å²) in [4.78, 5) is 22.1. The van der Waals surface area contributed by atoms with E-state index in [2.05, 4.69) is 15.2 Å². The Labute approximate surface area is 226 Å². The van der Waals surface area contributed by atoms with Crippen LogP contribution in [0.5, 0.6) is 0 Å². The number of halogens is 6. The summed E-state index contributed by atoms with van der Waals surface area (Å²) in [5.41, 5.74) is -2.09. The third-order valence-corrected chi connectivity index (χ3v) is 7.15. The van der Waals surface area contributed by atoms with E-state index in [1.807, 2.05) is 4.90 Å². The molecule has 2 fully saturated rings. The van der Waals surface area contributed by atoms with Crippen molar-refractivity contribution in [1.29, 1.82) is 0 Å². The van der Waals surface area contributed by atoms with Gasteiger partial charge in [-0.05, 0) is 43.2 Å². The summed E-state index contributed by atoms with van der Waals surface area (Å²) in [5, 5.41) is 20.6. The van der Waals surface area contributed by atoms with Gasteiger partial charge in [0.1, 0.15) is 11.4 Å². The summed E-state index contributed by atoms with van der Waals surface area (Å²) in [5.74, 6) is -0.0116. The lowest BCUT2D eigenvalue weighted by atomic mass is 10.0. The number of pyridine rings is 1. The molecule has 0 radical (unpaired) electrons. The zero-order valence-corrected chi connectivity index (χ0v) is 21.4. The normalized spacial score (nSPS) is 17.7. The maximum absolute atomic E-state index is 13.3. The summed E-state index contributed by atoms with van der Waals surface area (Å²) >= 11 is 0. The molecule has 3 N–H and O–H groups in total. The van der Waals surface area contributed by atoms with Gasteiger partial charge in [0.2, 0.25) is 5.91 Å². The van der Waals surface area contributed by atoms with Gasteiger partial charge in [-0.15, -0.1) is 5.23 Å². The largest absolute Gasteiger partial charge is 0.433 e. The first-order chi connectivity index (χ1) is 18.8. The number of anilines is 3. The standard InChI is InChI=1S/C25H30F6N6O3/c26-24(27,28)20-15-18(1-3-21(20)37(39)40)33-17-5-9-36(10-6-17)23(38)7-8-34-11-13-35(14-12-34)19-2-4-22(32-16-19)25(29,30)31/h1-4,15-17,33,39-40H,5-14H2. The molecule has 0 atom stereocenters. The molecule has 40 heavy (non-hydrogen) atoms. The second-order valence-corrected chi connectivity index (χ2v) is 9.80. The molecule has 1 aromatic carbocycles. The number of carbonyl (C=O) groups is 1. The Morgan fingerprint density at radius 2 is 1.62 bits per heavy atom. The minimum Gasteiger partial charge on any atom is -0.382 e. The fourth-order valence-electron chi connectivity index (χ4n) is 4.92. The number of nitrogens with zero attached hydrogens (tertiary/aromatic N) is 5. The molecule has 2 aliphatic heterocycles. The van der Waals surface area contributed by atoms with Gasteiger partial charge in [-0.25, -0.2) is 4.98 Å². The number of alkyl halides is 6. The average molecular weight is 577 g/mol. The number of piperidine rings is 1. The molecule has 0 bridgehead atoms. The van der Waals surface area contributed by atoms with Crippen LogP contribution in [-0.2, 0) is 17.1 Å². The van der Waals surface area contributed by atoms with Crippen molar-refractivity contribution in [2.45, 2.75) is 37.7 Å². The second-order valence-electron chi connectivity index (χ2n) is 9.80. The topological polar surface area (TPSA) is 95.4 Å². The molecule has 0 spiro atoms. The zero-order valence-electron chi connectivity index (χ0n) is 21.4. The predicted octanol–water partition coefficient (Wildman–Crippen LogP) is 4.32. The van der Waals surface area contributed by atoms with Gasteiger partial charge < -0.3 is 15.1 Å². The first-order valence-corrected chi connectivity index (χ1v) is 12.8. The molecular weight excluding hydrogens is 546 g/mol. The van der Waals surface area contributed by atoms with Gasteiger partial charge in [0.25, 0.3) is 0 Å². The number of hydrogen-bond donors (Lipinski definition) is 3. The lowest BCUT2D eigenvalue weighted by Gasteiger charge is -2.37. The van der Waals surface area contributed by atoms with Crippen molar-refractivity contribution in [2.24, 2.45) is 0 Å². The molecule has 1 aromatic heterocycles. The molecule has 220 valence electrons. The fraction of sp³-hybridized carbons (Fsp3) is 0.520. The van der Waals surface area contributed by atoms with Crippen LogP contribution in [0.2, 0.25) is 0 Å². The van der Waals surface area contributed by atoms with Gasteiger partial charge in [-0.1, -0.05) is 0 Å². The summed E-state index contributed by atoms with van der Waals surface area (Å²) in [6.07, 6.45) is -6.63. The zero-order chi connectivity index (χ0) is 29.1. The number of nitrogens with one attached hydrogen (secondary N) is 1. The number of likely N-dealkylation sites (tertiary alicyclic amines) is 1. The monoisotopic (exact) mass is 576 g/mol. The number of piperazine rings is 1. The van der Waals surface area contributed by atoms with Crippen LogP contribution in [0.15, 0.2) is 36.5 Å². The summed E-state index contributed by atoms with van der Waals surface area (Å²) in [6, 6.07) is 5.34. The molecular formula is C25H30F6N6O3. The van der Waals surface area contributed by atoms with Gasteiger partial charge in [-0.2, -0.15) is 26.3 Å². The van der Waals surface area contributed by atoms with E-state index in [1.165, 1.54) is 18.3 Å². The van der Waals surface area contributed by atoms with Gasteiger partial charge in [0, 0.05) is 64.0 Å². The summed E-state index contributed by atoms with van der Waals surface area (Å²) in [6.45, 7) is 3.98. The van der Waals surface area contributed by atoms with E-state index in [-0.39, 0.29) is 17.6 Å². The Hall–Kier alpha value is -3.30. The Bertz CT molecular complexity index is 1150. The maximum Gasteiger partial charge on any atom is 0.433 e. The van der Waals surface area contributed by atoms with Crippen molar-refractivity contribution >= 4 is 23.0 Å². The van der Waals surface area contributed by atoms with Crippen LogP contribution < -0.4 is 15.4 Å². The average Bonchev–Trinajstić information content (AvgIpc) is 2.91. The van der Waals surface area contributed by atoms with E-state index in [9.17, 15) is 31.1 Å². The Kier molecular flexibility index (Phi) is 8.95. The van der Waals surface area contributed by atoms with Crippen LogP contribution in [0.1, 0.15) is 30.5 Å². The molecule has 15 heteroatoms. The molecule has 9 nitrogen and oxygen atoms in total. The van der Waals surface area contributed by atoms with Crippen molar-refractivity contribution in [3.63, 3.8) is 0 Å². The highest BCUT2D eigenvalue weighted by Gasteiger charge is 2.36. The number of amides is 1. The highest BCUT2D eigenvalue weighted by atomic mass is 19.4. The van der Waals surface area contributed by atoms with Crippen molar-refractivity contribution in [3.8, 4) is 0 Å². The molecule has 3 heterocycles. The smallest absolute Gasteiger partial charge is 0.382 e. The van der Waals surface area contributed by atoms with Crippen LogP contribution in [0.3, 0.4) is 0 Å². The number of benzene rings is 1. The summed E-state index contributed by atoms with van der Waals surface area (Å²) < 4.78 is 78.1. The van der Waals surface area contributed by atoms with Crippen molar-refractivity contribution < 1.29 is 41.6 Å². The fourth-order valence-corrected chi connectivity index (χ4v) is 4.92. The van der Waals surface area contributed by atoms with Crippen LogP contribution >= 0.6 is 0 Å². The van der Waals surface area contributed by atoms with Gasteiger partial charge >= 0.3 is 12.4 Å². The van der Waals surface area contributed by atoms with E-state index >= 15 is 0 Å². The first kappa shape index (κ1) is 29.7. The molecule has 4 rings (SSSR count). The number of carbonyl (C=O) groups excluding carboxylic acids is 1. The van der Waals surface area contributed by atoms with E-state index in [4.69, 9.17) is 10.4 Å². The number of hydrogen-bond acceptors (Lipinski definition) is 8. The van der Waals surface area contributed by atoms with Crippen LogP contribution in [-0.4, -0.2) is 83.0 Å². The van der Waals surface area contributed by atoms with E-state index in [1.54, 1.807) is 4.90 Å². The Balaban J connectivity index is 1.19. The van der Waals surface area contributed by atoms with Gasteiger partial charge in [0.15, 0.2) is 0 Å². The summed E-state index contributed by atoms with van der Waals surface area (Å²) in [7, 11) is 0. The van der Waals surface area contributed by atoms with Crippen LogP contribution in [0, 0.1) is 0 Å².